The molecule has 0 atom stereocenters. The van der Waals surface area contributed by atoms with Crippen molar-refractivity contribution in [3.63, 3.8) is 0 Å². The fraction of sp³-hybridized carbons (Fsp3) is 0. The lowest BCUT2D eigenvalue weighted by Crippen LogP contribution is -2.09. The quantitative estimate of drug-likeness (QED) is 0.299. The van der Waals surface area contributed by atoms with Crippen LogP contribution in [-0.4, -0.2) is 16.9 Å². The predicted molar refractivity (Wildman–Crippen MR) is 47.9 cm³/mol. The summed E-state index contributed by atoms with van der Waals surface area (Å²) in [6.07, 6.45) is 0.382. The molecule has 18 heavy (non-hydrogen) atoms. The molecule has 0 fully saturated rings. The van der Waals surface area contributed by atoms with Crippen molar-refractivity contribution in [1.82, 2.24) is 0 Å². The first-order valence-electron chi connectivity index (χ1n) is 4.24. The van der Waals surface area contributed by atoms with Crippen molar-refractivity contribution in [2.75, 3.05) is 0 Å². The van der Waals surface area contributed by atoms with Crippen molar-refractivity contribution in [3.8, 4) is 0 Å². The van der Waals surface area contributed by atoms with Gasteiger partial charge in [0.25, 0.3) is 5.78 Å². The molecular formula is C10H3F5O3. The molecule has 0 aliphatic rings. The second kappa shape index (κ2) is 4.94. The SMILES string of the molecule is O=C(O)C(=O)/C=C/c1c(F)c(F)c(F)c(F)c1F. The Hall–Kier alpha value is -2.25. The molecular weight excluding hydrogens is 263 g/mol. The summed E-state index contributed by atoms with van der Waals surface area (Å²) in [6.45, 7) is 0. The van der Waals surface area contributed by atoms with E-state index in [2.05, 4.69) is 0 Å². The number of aliphatic carboxylic acids is 1. The maximum absolute atomic E-state index is 13.0. The molecule has 96 valence electrons. The molecule has 0 aromatic heterocycles. The predicted octanol–water partition coefficient (Wildman–Crippen LogP) is 2.05. The second-order valence-corrected chi connectivity index (χ2v) is 2.99. The van der Waals surface area contributed by atoms with Gasteiger partial charge in [0.2, 0.25) is 5.82 Å². The summed E-state index contributed by atoms with van der Waals surface area (Å²) in [7, 11) is 0. The largest absolute Gasteiger partial charge is 0.475 e. The summed E-state index contributed by atoms with van der Waals surface area (Å²) in [5.41, 5.74) is -1.39. The standard InChI is InChI=1S/C10H3F5O3/c11-5-3(1-2-4(16)10(17)18)6(12)8(14)9(15)7(5)13/h1-2H,(H,17,18)/b2-1+. The summed E-state index contributed by atoms with van der Waals surface area (Å²) >= 11 is 0. The summed E-state index contributed by atoms with van der Waals surface area (Å²) in [5, 5.41) is 8.16. The lowest BCUT2D eigenvalue weighted by Gasteiger charge is -2.03. The Kier molecular flexibility index (Phi) is 3.79. The van der Waals surface area contributed by atoms with Crippen molar-refractivity contribution < 1.29 is 36.6 Å². The van der Waals surface area contributed by atoms with Gasteiger partial charge in [-0.2, -0.15) is 0 Å². The second-order valence-electron chi connectivity index (χ2n) is 2.99. The zero-order valence-corrected chi connectivity index (χ0v) is 8.31. The van der Waals surface area contributed by atoms with Crippen molar-refractivity contribution in [2.45, 2.75) is 0 Å². The Balaban J connectivity index is 3.35. The van der Waals surface area contributed by atoms with Gasteiger partial charge in [-0.3, -0.25) is 4.79 Å². The zero-order chi connectivity index (χ0) is 14.0. The molecule has 0 unspecified atom stereocenters. The number of rotatable bonds is 3. The topological polar surface area (TPSA) is 54.4 Å². The monoisotopic (exact) mass is 266 g/mol. The summed E-state index contributed by atoms with van der Waals surface area (Å²) < 4.78 is 64.0. The number of carbonyl (C=O) groups is 2. The molecule has 1 aromatic rings. The molecule has 1 N–H and O–H groups in total. The van der Waals surface area contributed by atoms with Crippen LogP contribution >= 0.6 is 0 Å². The Morgan fingerprint density at radius 3 is 1.61 bits per heavy atom. The molecule has 1 aromatic carbocycles. The van der Waals surface area contributed by atoms with Gasteiger partial charge in [0, 0.05) is 0 Å². The Morgan fingerprint density at radius 1 is 0.833 bits per heavy atom. The van der Waals surface area contributed by atoms with Gasteiger partial charge in [-0.25, -0.2) is 26.7 Å². The molecule has 0 saturated carbocycles. The van der Waals surface area contributed by atoms with Gasteiger partial charge in [-0.05, 0) is 12.2 Å². The summed E-state index contributed by atoms with van der Waals surface area (Å²) in [6, 6.07) is 0. The van der Waals surface area contributed by atoms with E-state index in [4.69, 9.17) is 5.11 Å². The molecule has 0 heterocycles. The van der Waals surface area contributed by atoms with E-state index in [1.807, 2.05) is 0 Å². The van der Waals surface area contributed by atoms with Gasteiger partial charge in [0.05, 0.1) is 5.56 Å². The number of carbonyl (C=O) groups excluding carboxylic acids is 1. The molecule has 0 amide bonds. The van der Waals surface area contributed by atoms with Crippen molar-refractivity contribution in [1.29, 1.82) is 0 Å². The van der Waals surface area contributed by atoms with E-state index in [0.29, 0.717) is 0 Å². The minimum absolute atomic E-state index is 0.181. The average Bonchev–Trinajstić information content (AvgIpc) is 2.33. The lowest BCUT2D eigenvalue weighted by atomic mass is 10.1. The third kappa shape index (κ3) is 2.36. The minimum Gasteiger partial charge on any atom is -0.475 e. The first-order valence-corrected chi connectivity index (χ1v) is 4.24. The van der Waals surface area contributed by atoms with E-state index in [1.165, 1.54) is 0 Å². The van der Waals surface area contributed by atoms with Gasteiger partial charge < -0.3 is 5.11 Å². The number of hydrogen-bond acceptors (Lipinski definition) is 2. The maximum Gasteiger partial charge on any atom is 0.376 e. The van der Waals surface area contributed by atoms with E-state index < -0.39 is 46.4 Å². The smallest absolute Gasteiger partial charge is 0.376 e. The highest BCUT2D eigenvalue weighted by atomic mass is 19.2. The van der Waals surface area contributed by atoms with Crippen LogP contribution in [0.4, 0.5) is 22.0 Å². The number of ketones is 1. The van der Waals surface area contributed by atoms with Crippen LogP contribution in [0.1, 0.15) is 5.56 Å². The van der Waals surface area contributed by atoms with Crippen LogP contribution in [0.25, 0.3) is 6.08 Å². The highest BCUT2D eigenvalue weighted by Crippen LogP contribution is 2.23. The van der Waals surface area contributed by atoms with Crippen LogP contribution < -0.4 is 0 Å². The number of halogens is 5. The molecule has 3 nitrogen and oxygen atoms in total. The van der Waals surface area contributed by atoms with Gasteiger partial charge in [-0.1, -0.05) is 0 Å². The Bertz CT molecular complexity index is 536. The Labute approximate surface area is 96.1 Å². The molecule has 1 rings (SSSR count). The molecule has 0 aliphatic heterocycles. The van der Waals surface area contributed by atoms with Gasteiger partial charge in [0.1, 0.15) is 0 Å². The fourth-order valence-electron chi connectivity index (χ4n) is 0.999. The number of hydrogen-bond donors (Lipinski definition) is 1. The highest BCUT2D eigenvalue weighted by molar-refractivity contribution is 6.38. The fourth-order valence-corrected chi connectivity index (χ4v) is 0.999. The molecule has 0 saturated heterocycles. The molecule has 0 spiro atoms. The van der Waals surface area contributed by atoms with Crippen molar-refractivity contribution in [2.24, 2.45) is 0 Å². The third-order valence-electron chi connectivity index (χ3n) is 1.86. The van der Waals surface area contributed by atoms with Crippen LogP contribution in [0.2, 0.25) is 0 Å². The Morgan fingerprint density at radius 2 is 1.22 bits per heavy atom. The van der Waals surface area contributed by atoms with Crippen LogP contribution in [0, 0.1) is 29.1 Å². The van der Waals surface area contributed by atoms with E-state index in [-0.39, 0.29) is 12.2 Å². The van der Waals surface area contributed by atoms with Gasteiger partial charge >= 0.3 is 5.97 Å². The van der Waals surface area contributed by atoms with Crippen molar-refractivity contribution >= 4 is 17.8 Å². The third-order valence-corrected chi connectivity index (χ3v) is 1.86. The van der Waals surface area contributed by atoms with E-state index in [9.17, 15) is 31.5 Å². The number of carboxylic acid groups (broad SMARTS) is 1. The molecule has 0 bridgehead atoms. The van der Waals surface area contributed by atoms with Gasteiger partial charge in [-0.15, -0.1) is 0 Å². The van der Waals surface area contributed by atoms with Crippen molar-refractivity contribution in [3.05, 3.63) is 40.7 Å². The van der Waals surface area contributed by atoms with Crippen LogP contribution in [-0.2, 0) is 9.59 Å². The molecule has 0 radical (unpaired) electrons. The number of benzene rings is 1. The lowest BCUT2D eigenvalue weighted by molar-refractivity contribution is -0.146. The van der Waals surface area contributed by atoms with Crippen LogP contribution in [0.5, 0.6) is 0 Å². The minimum atomic E-state index is -2.34. The zero-order valence-electron chi connectivity index (χ0n) is 8.31. The maximum atomic E-state index is 13.0. The van der Waals surface area contributed by atoms with E-state index in [0.717, 1.165) is 0 Å². The van der Waals surface area contributed by atoms with E-state index >= 15 is 0 Å². The van der Waals surface area contributed by atoms with E-state index in [1.54, 1.807) is 0 Å². The average molecular weight is 266 g/mol. The first-order chi connectivity index (χ1) is 8.27. The normalized spacial score (nSPS) is 10.9. The molecule has 0 aliphatic carbocycles. The summed E-state index contributed by atoms with van der Waals surface area (Å²) in [5.74, 6) is -14.5. The summed E-state index contributed by atoms with van der Waals surface area (Å²) in [4.78, 5) is 20.7. The van der Waals surface area contributed by atoms with Gasteiger partial charge in [0.15, 0.2) is 23.3 Å². The molecule has 8 heteroatoms. The van der Waals surface area contributed by atoms with Crippen LogP contribution in [0.3, 0.4) is 0 Å². The van der Waals surface area contributed by atoms with Crippen LogP contribution in [0.15, 0.2) is 6.08 Å². The first kappa shape index (κ1) is 13.8. The highest BCUT2D eigenvalue weighted by Gasteiger charge is 2.24. The number of carboxylic acids is 1.